The number of alkyl halides is 1. The molecule has 1 heterocycles. The summed E-state index contributed by atoms with van der Waals surface area (Å²) in [5, 5.41) is 0.296. The molecule has 0 aliphatic rings. The molecule has 1 aromatic heterocycles. The third-order valence-electron chi connectivity index (χ3n) is 2.39. The summed E-state index contributed by atoms with van der Waals surface area (Å²) in [6.45, 7) is 3.65. The Hall–Kier alpha value is -1.17. The van der Waals surface area contributed by atoms with E-state index in [4.69, 9.17) is 0 Å². The molecule has 0 aliphatic carbocycles. The van der Waals surface area contributed by atoms with E-state index in [1.807, 2.05) is 13.8 Å². The fourth-order valence-corrected chi connectivity index (χ4v) is 2.16. The fourth-order valence-electron chi connectivity index (χ4n) is 1.59. The Kier molecular flexibility index (Phi) is 3.85. The maximum atomic E-state index is 11.9. The van der Waals surface area contributed by atoms with E-state index in [2.05, 4.69) is 15.9 Å². The molecule has 6 heteroatoms. The van der Waals surface area contributed by atoms with Gasteiger partial charge in [0.15, 0.2) is 6.29 Å². The van der Waals surface area contributed by atoms with E-state index >= 15 is 0 Å². The first-order chi connectivity index (χ1) is 7.45. The highest BCUT2D eigenvalue weighted by Crippen LogP contribution is 2.11. The van der Waals surface area contributed by atoms with Gasteiger partial charge in [0, 0.05) is 24.1 Å². The molecule has 0 spiro atoms. The van der Waals surface area contributed by atoms with Crippen molar-refractivity contribution in [2.75, 3.05) is 0 Å². The van der Waals surface area contributed by atoms with Crippen molar-refractivity contribution >= 4 is 22.2 Å². The van der Waals surface area contributed by atoms with Crippen LogP contribution in [0.4, 0.5) is 0 Å². The summed E-state index contributed by atoms with van der Waals surface area (Å²) in [6.07, 6.45) is 0.497. The minimum atomic E-state index is -0.550. The van der Waals surface area contributed by atoms with Crippen molar-refractivity contribution < 1.29 is 4.79 Å². The average molecular weight is 289 g/mol. The number of carbonyl (C=O) groups is 1. The summed E-state index contributed by atoms with van der Waals surface area (Å²) in [7, 11) is 1.37. The maximum Gasteiger partial charge on any atom is 0.331 e. The van der Waals surface area contributed by atoms with Gasteiger partial charge in [0.25, 0.3) is 5.56 Å². The predicted octanol–water partition coefficient (Wildman–Crippen LogP) is 0.835. The molecule has 5 nitrogen and oxygen atoms in total. The Morgan fingerprint density at radius 3 is 2.31 bits per heavy atom. The first-order valence-corrected chi connectivity index (χ1v) is 5.93. The standard InChI is InChI=1S/C10H13BrN2O3/c1-6(2)13-8(4-11)7(5-14)9(15)12(3)10(13)16/h5-6H,4H2,1-3H3. The number of carbonyl (C=O) groups excluding carboxylic acids is 1. The fraction of sp³-hybridized carbons (Fsp3) is 0.500. The van der Waals surface area contributed by atoms with Crippen LogP contribution in [0.1, 0.15) is 35.9 Å². The molecule has 0 bridgehead atoms. The van der Waals surface area contributed by atoms with Gasteiger partial charge < -0.3 is 0 Å². The van der Waals surface area contributed by atoms with E-state index in [0.717, 1.165) is 4.57 Å². The minimum absolute atomic E-state index is 0.0349. The smallest absolute Gasteiger partial charge is 0.298 e. The first kappa shape index (κ1) is 12.9. The monoisotopic (exact) mass is 288 g/mol. The molecule has 88 valence electrons. The lowest BCUT2D eigenvalue weighted by Gasteiger charge is -2.17. The lowest BCUT2D eigenvalue weighted by Crippen LogP contribution is -2.42. The van der Waals surface area contributed by atoms with Gasteiger partial charge in [-0.05, 0) is 13.8 Å². The SMILES string of the molecule is CC(C)n1c(CBr)c(C=O)c(=O)n(C)c1=O. The van der Waals surface area contributed by atoms with Crippen molar-refractivity contribution in [3.8, 4) is 0 Å². The third kappa shape index (κ3) is 1.89. The molecule has 0 radical (unpaired) electrons. The number of rotatable bonds is 3. The van der Waals surface area contributed by atoms with Gasteiger partial charge in [0.2, 0.25) is 0 Å². The number of halogens is 1. The second-order valence-corrected chi connectivity index (χ2v) is 4.28. The largest absolute Gasteiger partial charge is 0.331 e. The van der Waals surface area contributed by atoms with E-state index in [-0.39, 0.29) is 11.6 Å². The van der Waals surface area contributed by atoms with Crippen LogP contribution in [0.2, 0.25) is 0 Å². The Morgan fingerprint density at radius 1 is 1.38 bits per heavy atom. The zero-order valence-electron chi connectivity index (χ0n) is 9.36. The zero-order chi connectivity index (χ0) is 12.5. The van der Waals surface area contributed by atoms with Crippen LogP contribution in [0.15, 0.2) is 9.59 Å². The molecule has 16 heavy (non-hydrogen) atoms. The van der Waals surface area contributed by atoms with E-state index < -0.39 is 11.2 Å². The van der Waals surface area contributed by atoms with Crippen LogP contribution in [0, 0.1) is 0 Å². The molecule has 0 aromatic carbocycles. The Balaban J connectivity index is 3.87. The van der Waals surface area contributed by atoms with E-state index in [0.29, 0.717) is 17.3 Å². The van der Waals surface area contributed by atoms with Gasteiger partial charge in [0.1, 0.15) is 5.56 Å². The minimum Gasteiger partial charge on any atom is -0.298 e. The number of aldehydes is 1. The Bertz CT molecular complexity index is 528. The maximum absolute atomic E-state index is 11.9. The van der Waals surface area contributed by atoms with Crippen LogP contribution in [0.25, 0.3) is 0 Å². The summed E-state index contributed by atoms with van der Waals surface area (Å²) in [6, 6.07) is -0.106. The summed E-state index contributed by atoms with van der Waals surface area (Å²) >= 11 is 3.19. The van der Waals surface area contributed by atoms with Crippen LogP contribution in [-0.4, -0.2) is 15.4 Å². The second-order valence-electron chi connectivity index (χ2n) is 3.72. The topological polar surface area (TPSA) is 61.1 Å². The normalized spacial score (nSPS) is 10.8. The highest BCUT2D eigenvalue weighted by atomic mass is 79.9. The first-order valence-electron chi connectivity index (χ1n) is 4.81. The van der Waals surface area contributed by atoms with Crippen LogP contribution in [0.5, 0.6) is 0 Å². The molecule has 0 saturated heterocycles. The molecule has 0 aliphatic heterocycles. The van der Waals surface area contributed by atoms with Crippen molar-refractivity contribution in [2.45, 2.75) is 25.2 Å². The van der Waals surface area contributed by atoms with Crippen LogP contribution < -0.4 is 11.2 Å². The lowest BCUT2D eigenvalue weighted by atomic mass is 10.2. The van der Waals surface area contributed by atoms with Crippen molar-refractivity contribution in [1.82, 2.24) is 9.13 Å². The van der Waals surface area contributed by atoms with E-state index in [1.165, 1.54) is 11.6 Å². The number of hydrogen-bond acceptors (Lipinski definition) is 3. The van der Waals surface area contributed by atoms with Gasteiger partial charge in [-0.1, -0.05) is 15.9 Å². The highest BCUT2D eigenvalue weighted by Gasteiger charge is 2.17. The van der Waals surface area contributed by atoms with Gasteiger partial charge in [-0.2, -0.15) is 0 Å². The van der Waals surface area contributed by atoms with E-state index in [1.54, 1.807) is 0 Å². The van der Waals surface area contributed by atoms with Gasteiger partial charge in [0.05, 0.1) is 0 Å². The van der Waals surface area contributed by atoms with Gasteiger partial charge in [-0.15, -0.1) is 0 Å². The Labute approximate surface area is 101 Å². The Morgan fingerprint density at radius 2 is 1.94 bits per heavy atom. The molecule has 0 unspecified atom stereocenters. The molecule has 1 rings (SSSR count). The average Bonchev–Trinajstić information content (AvgIpc) is 2.24. The third-order valence-corrected chi connectivity index (χ3v) is 2.92. The van der Waals surface area contributed by atoms with Crippen molar-refractivity contribution in [1.29, 1.82) is 0 Å². The van der Waals surface area contributed by atoms with Gasteiger partial charge in [-0.25, -0.2) is 4.79 Å². The molecule has 0 fully saturated rings. The number of nitrogens with zero attached hydrogens (tertiary/aromatic N) is 2. The molecule has 0 amide bonds. The van der Waals surface area contributed by atoms with Gasteiger partial charge >= 0.3 is 5.69 Å². The van der Waals surface area contributed by atoms with Crippen LogP contribution in [0.3, 0.4) is 0 Å². The van der Waals surface area contributed by atoms with Crippen LogP contribution in [-0.2, 0) is 12.4 Å². The zero-order valence-corrected chi connectivity index (χ0v) is 10.9. The number of aromatic nitrogens is 2. The summed E-state index contributed by atoms with van der Waals surface area (Å²) in [4.78, 5) is 34.4. The summed E-state index contributed by atoms with van der Waals surface area (Å²) in [5.74, 6) is 0. The molecular weight excluding hydrogens is 276 g/mol. The number of hydrogen-bond donors (Lipinski definition) is 0. The van der Waals surface area contributed by atoms with Crippen molar-refractivity contribution in [3.05, 3.63) is 32.1 Å². The lowest BCUT2D eigenvalue weighted by molar-refractivity contribution is 0.111. The van der Waals surface area contributed by atoms with Crippen LogP contribution >= 0.6 is 15.9 Å². The van der Waals surface area contributed by atoms with E-state index in [9.17, 15) is 14.4 Å². The molecular formula is C10H13BrN2O3. The summed E-state index contributed by atoms with van der Waals surface area (Å²) < 4.78 is 2.40. The molecule has 0 saturated carbocycles. The quantitative estimate of drug-likeness (QED) is 0.612. The second kappa shape index (κ2) is 4.78. The highest BCUT2D eigenvalue weighted by molar-refractivity contribution is 9.08. The van der Waals surface area contributed by atoms with Crippen molar-refractivity contribution in [3.63, 3.8) is 0 Å². The molecule has 0 atom stereocenters. The molecule has 0 N–H and O–H groups in total. The van der Waals surface area contributed by atoms with Crippen molar-refractivity contribution in [2.24, 2.45) is 7.05 Å². The molecule has 1 aromatic rings. The predicted molar refractivity (Wildman–Crippen MR) is 64.3 cm³/mol. The summed E-state index contributed by atoms with van der Waals surface area (Å²) in [5.41, 5.74) is -0.489. The van der Waals surface area contributed by atoms with Gasteiger partial charge in [-0.3, -0.25) is 18.7 Å².